The fourth-order valence-electron chi connectivity index (χ4n) is 3.12. The van der Waals surface area contributed by atoms with Crippen molar-refractivity contribution in [1.29, 1.82) is 0 Å². The molecule has 4 aromatic rings. The summed E-state index contributed by atoms with van der Waals surface area (Å²) in [7, 11) is -3.75. The van der Waals surface area contributed by atoms with Crippen LogP contribution >= 0.6 is 11.3 Å². The van der Waals surface area contributed by atoms with Crippen LogP contribution in [-0.4, -0.2) is 25.4 Å². The molecule has 1 heterocycles. The number of benzene rings is 3. The van der Waals surface area contributed by atoms with Gasteiger partial charge in [0, 0.05) is 17.3 Å². The van der Waals surface area contributed by atoms with Gasteiger partial charge in [-0.1, -0.05) is 37.3 Å². The first-order valence-corrected chi connectivity index (χ1v) is 12.3. The molecular formula is C23H21N3O4S2. The van der Waals surface area contributed by atoms with Crippen LogP contribution in [0, 0.1) is 0 Å². The van der Waals surface area contributed by atoms with E-state index in [0.717, 1.165) is 10.8 Å². The first-order chi connectivity index (χ1) is 15.4. The van der Waals surface area contributed by atoms with Gasteiger partial charge in [0.05, 0.1) is 4.90 Å². The maximum absolute atomic E-state index is 12.7. The van der Waals surface area contributed by atoms with Crippen LogP contribution in [0.1, 0.15) is 13.3 Å². The molecule has 0 saturated carbocycles. The van der Waals surface area contributed by atoms with Crippen LogP contribution in [0.4, 0.5) is 10.8 Å². The van der Waals surface area contributed by atoms with Gasteiger partial charge in [-0.2, -0.15) is 0 Å². The lowest BCUT2D eigenvalue weighted by atomic mass is 10.1. The van der Waals surface area contributed by atoms with E-state index in [0.29, 0.717) is 23.0 Å². The van der Waals surface area contributed by atoms with Crippen molar-refractivity contribution >= 4 is 48.9 Å². The molecule has 1 aromatic heterocycles. The summed E-state index contributed by atoms with van der Waals surface area (Å²) in [5.41, 5.74) is 0.476. The summed E-state index contributed by atoms with van der Waals surface area (Å²) in [5.74, 6) is 0.303. The summed E-state index contributed by atoms with van der Waals surface area (Å²) < 4.78 is 33.2. The molecule has 0 aliphatic carbocycles. The summed E-state index contributed by atoms with van der Waals surface area (Å²) in [6.45, 7) is 1.87. The van der Waals surface area contributed by atoms with Crippen molar-refractivity contribution in [3.05, 3.63) is 78.3 Å². The third kappa shape index (κ3) is 5.06. The summed E-state index contributed by atoms with van der Waals surface area (Å²) >= 11 is 1.19. The minimum Gasteiger partial charge on any atom is -0.481 e. The van der Waals surface area contributed by atoms with Gasteiger partial charge < -0.3 is 10.1 Å². The Balaban J connectivity index is 1.42. The van der Waals surface area contributed by atoms with E-state index in [1.165, 1.54) is 41.8 Å². The van der Waals surface area contributed by atoms with Crippen molar-refractivity contribution in [3.63, 3.8) is 0 Å². The lowest BCUT2D eigenvalue weighted by molar-refractivity contribution is -0.122. The molecule has 0 spiro atoms. The summed E-state index contributed by atoms with van der Waals surface area (Å²) in [5, 5.41) is 6.88. The number of anilines is 2. The summed E-state index contributed by atoms with van der Waals surface area (Å²) in [6, 6.07) is 19.5. The number of thiazole rings is 1. The van der Waals surface area contributed by atoms with E-state index < -0.39 is 16.1 Å². The molecule has 0 bridgehead atoms. The minimum absolute atomic E-state index is 0.0742. The Morgan fingerprint density at radius 3 is 2.50 bits per heavy atom. The quantitative estimate of drug-likeness (QED) is 0.384. The molecule has 0 aliphatic rings. The fourth-order valence-corrected chi connectivity index (χ4v) is 4.90. The van der Waals surface area contributed by atoms with Crippen LogP contribution in [0.5, 0.6) is 5.75 Å². The first-order valence-electron chi connectivity index (χ1n) is 9.93. The monoisotopic (exact) mass is 467 g/mol. The highest BCUT2D eigenvalue weighted by Crippen LogP contribution is 2.23. The van der Waals surface area contributed by atoms with Crippen LogP contribution in [0.3, 0.4) is 0 Å². The molecule has 7 nitrogen and oxygen atoms in total. The fraction of sp³-hybridized carbons (Fsp3) is 0.130. The van der Waals surface area contributed by atoms with Gasteiger partial charge >= 0.3 is 0 Å². The molecule has 1 atom stereocenters. The second-order valence-corrected chi connectivity index (χ2v) is 9.56. The highest BCUT2D eigenvalue weighted by Gasteiger charge is 2.20. The predicted molar refractivity (Wildman–Crippen MR) is 127 cm³/mol. The van der Waals surface area contributed by atoms with Crippen molar-refractivity contribution in [2.45, 2.75) is 24.3 Å². The molecule has 0 fully saturated rings. The van der Waals surface area contributed by atoms with Gasteiger partial charge in [0.1, 0.15) is 5.75 Å². The lowest BCUT2D eigenvalue weighted by Gasteiger charge is -2.18. The third-order valence-corrected chi connectivity index (χ3v) is 6.92. The van der Waals surface area contributed by atoms with Crippen molar-refractivity contribution < 1.29 is 17.9 Å². The summed E-state index contributed by atoms with van der Waals surface area (Å²) in [6.07, 6.45) is 1.31. The maximum atomic E-state index is 12.7. The Morgan fingerprint density at radius 2 is 1.81 bits per heavy atom. The number of carbonyl (C=O) groups is 1. The normalized spacial score (nSPS) is 12.3. The number of fused-ring (bicyclic) bond motifs is 1. The standard InChI is InChI=1S/C23H21N3O4S2/c1-2-21(30-19-10-7-16-5-3-4-6-17(16)15-19)22(27)25-18-8-11-20(12-9-18)32(28,29)26-23-24-13-14-31-23/h3-15,21H,2H2,1H3,(H,24,26)(H,25,27)/t21-/m1/s1. The van der Waals surface area contributed by atoms with E-state index in [4.69, 9.17) is 4.74 Å². The Kier molecular flexibility index (Phi) is 6.38. The van der Waals surface area contributed by atoms with Gasteiger partial charge in [0.2, 0.25) is 0 Å². The van der Waals surface area contributed by atoms with Crippen LogP contribution in [0.15, 0.2) is 83.2 Å². The topological polar surface area (TPSA) is 97.4 Å². The second-order valence-electron chi connectivity index (χ2n) is 6.98. The second kappa shape index (κ2) is 9.37. The van der Waals surface area contributed by atoms with Gasteiger partial charge in [-0.15, -0.1) is 11.3 Å². The number of rotatable bonds is 8. The zero-order chi connectivity index (χ0) is 22.6. The first kappa shape index (κ1) is 21.8. The van der Waals surface area contributed by atoms with E-state index in [1.54, 1.807) is 5.38 Å². The molecule has 1 amide bonds. The molecular weight excluding hydrogens is 446 g/mol. The number of aromatic nitrogens is 1. The SMILES string of the molecule is CC[C@@H](Oc1ccc2ccccc2c1)C(=O)Nc1ccc(S(=O)(=O)Nc2nccs2)cc1. The average molecular weight is 468 g/mol. The van der Waals surface area contributed by atoms with Gasteiger partial charge in [-0.05, 0) is 53.6 Å². The number of nitrogens with one attached hydrogen (secondary N) is 2. The number of amides is 1. The molecule has 4 rings (SSSR count). The molecule has 2 N–H and O–H groups in total. The Morgan fingerprint density at radius 1 is 1.06 bits per heavy atom. The Hall–Kier alpha value is -3.43. The van der Waals surface area contributed by atoms with Gasteiger partial charge in [0.15, 0.2) is 11.2 Å². The molecule has 32 heavy (non-hydrogen) atoms. The third-order valence-electron chi connectivity index (χ3n) is 4.75. The molecule has 3 aromatic carbocycles. The molecule has 0 radical (unpaired) electrons. The van der Waals surface area contributed by atoms with E-state index in [2.05, 4.69) is 15.0 Å². The Bertz CT molecular complexity index is 1320. The van der Waals surface area contributed by atoms with E-state index in [9.17, 15) is 13.2 Å². The van der Waals surface area contributed by atoms with E-state index in [1.807, 2.05) is 49.4 Å². The molecule has 0 unspecified atom stereocenters. The van der Waals surface area contributed by atoms with Crippen molar-refractivity contribution in [3.8, 4) is 5.75 Å². The smallest absolute Gasteiger partial charge is 0.265 e. The maximum Gasteiger partial charge on any atom is 0.265 e. The average Bonchev–Trinajstić information content (AvgIpc) is 3.30. The largest absolute Gasteiger partial charge is 0.481 e. The van der Waals surface area contributed by atoms with E-state index in [-0.39, 0.29) is 10.8 Å². The highest BCUT2D eigenvalue weighted by atomic mass is 32.2. The van der Waals surface area contributed by atoms with Gasteiger partial charge in [-0.25, -0.2) is 13.4 Å². The van der Waals surface area contributed by atoms with Gasteiger partial charge in [-0.3, -0.25) is 9.52 Å². The number of carbonyl (C=O) groups excluding carboxylic acids is 1. The van der Waals surface area contributed by atoms with Crippen LogP contribution in [0.25, 0.3) is 10.8 Å². The number of hydrogen-bond donors (Lipinski definition) is 2. The van der Waals surface area contributed by atoms with Crippen molar-refractivity contribution in [1.82, 2.24) is 4.98 Å². The lowest BCUT2D eigenvalue weighted by Crippen LogP contribution is -2.32. The molecule has 0 aliphatic heterocycles. The minimum atomic E-state index is -3.75. The Labute approximate surface area is 190 Å². The number of hydrogen-bond acceptors (Lipinski definition) is 6. The molecule has 164 valence electrons. The molecule has 9 heteroatoms. The zero-order valence-electron chi connectivity index (χ0n) is 17.2. The van der Waals surface area contributed by atoms with Crippen molar-refractivity contribution in [2.24, 2.45) is 0 Å². The van der Waals surface area contributed by atoms with Crippen molar-refractivity contribution in [2.75, 3.05) is 10.0 Å². The molecule has 0 saturated heterocycles. The summed E-state index contributed by atoms with van der Waals surface area (Å²) in [4.78, 5) is 16.7. The predicted octanol–water partition coefficient (Wildman–Crippen LogP) is 4.89. The van der Waals surface area contributed by atoms with Crippen LogP contribution in [0.2, 0.25) is 0 Å². The number of ether oxygens (including phenoxy) is 1. The van der Waals surface area contributed by atoms with E-state index >= 15 is 0 Å². The van der Waals surface area contributed by atoms with Gasteiger partial charge in [0.25, 0.3) is 15.9 Å². The van der Waals surface area contributed by atoms with Crippen LogP contribution < -0.4 is 14.8 Å². The highest BCUT2D eigenvalue weighted by molar-refractivity contribution is 7.93. The number of sulfonamides is 1. The number of nitrogens with zero attached hydrogens (tertiary/aromatic N) is 1. The zero-order valence-corrected chi connectivity index (χ0v) is 18.8. The van der Waals surface area contributed by atoms with Crippen LogP contribution in [-0.2, 0) is 14.8 Å².